The van der Waals surface area contributed by atoms with Crippen LogP contribution in [-0.2, 0) is 16.1 Å². The summed E-state index contributed by atoms with van der Waals surface area (Å²) in [7, 11) is 1.85. The van der Waals surface area contributed by atoms with Crippen molar-refractivity contribution in [1.82, 2.24) is 15.2 Å². The number of morpholine rings is 1. The zero-order chi connectivity index (χ0) is 15.1. The first kappa shape index (κ1) is 15.7. The molecule has 116 valence electrons. The number of nitrogens with zero attached hydrogens (tertiary/aromatic N) is 2. The van der Waals surface area contributed by atoms with Crippen molar-refractivity contribution in [2.24, 2.45) is 0 Å². The minimum absolute atomic E-state index is 0.0550. The Kier molecular flexibility index (Phi) is 5.95. The maximum atomic E-state index is 12.2. The smallest absolute Gasteiger partial charge is 0.239 e. The number of anilines is 1. The summed E-state index contributed by atoms with van der Waals surface area (Å²) in [6, 6.07) is 3.78. The maximum absolute atomic E-state index is 12.2. The molecule has 2 N–H and O–H groups in total. The zero-order valence-corrected chi connectivity index (χ0v) is 12.8. The summed E-state index contributed by atoms with van der Waals surface area (Å²) in [5, 5.41) is 5.99. The Morgan fingerprint density at radius 1 is 1.57 bits per heavy atom. The average molecular weight is 292 g/mol. The third-order valence-electron chi connectivity index (χ3n) is 3.56. The molecule has 0 aliphatic carbocycles. The second-order valence-electron chi connectivity index (χ2n) is 5.15. The van der Waals surface area contributed by atoms with Crippen LogP contribution in [0.15, 0.2) is 18.3 Å². The number of aromatic nitrogens is 1. The molecule has 1 aliphatic rings. The molecule has 0 saturated carbocycles. The third-order valence-corrected chi connectivity index (χ3v) is 3.56. The van der Waals surface area contributed by atoms with Crippen LogP contribution < -0.4 is 10.6 Å². The highest BCUT2D eigenvalue weighted by Crippen LogP contribution is 2.14. The quantitative estimate of drug-likeness (QED) is 0.814. The lowest BCUT2D eigenvalue weighted by Gasteiger charge is -2.34. The van der Waals surface area contributed by atoms with E-state index in [9.17, 15) is 4.79 Å². The minimum atomic E-state index is -0.212. The van der Waals surface area contributed by atoms with E-state index in [1.165, 1.54) is 0 Å². The molecule has 1 unspecified atom stereocenters. The first-order valence-electron chi connectivity index (χ1n) is 7.46. The summed E-state index contributed by atoms with van der Waals surface area (Å²) in [6.07, 6.45) is 2.73. The van der Waals surface area contributed by atoms with E-state index < -0.39 is 0 Å². The number of carbonyl (C=O) groups is 1. The van der Waals surface area contributed by atoms with Crippen molar-refractivity contribution in [2.75, 3.05) is 38.7 Å². The van der Waals surface area contributed by atoms with E-state index in [4.69, 9.17) is 4.74 Å². The molecule has 0 radical (unpaired) electrons. The van der Waals surface area contributed by atoms with Gasteiger partial charge in [-0.3, -0.25) is 9.69 Å². The van der Waals surface area contributed by atoms with E-state index in [2.05, 4.69) is 20.5 Å². The fraction of sp³-hybridized carbons (Fsp3) is 0.600. The normalized spacial score (nSPS) is 19.2. The number of rotatable bonds is 6. The highest BCUT2D eigenvalue weighted by Gasteiger charge is 2.29. The molecule has 0 bridgehead atoms. The van der Waals surface area contributed by atoms with Crippen molar-refractivity contribution in [3.05, 3.63) is 23.9 Å². The van der Waals surface area contributed by atoms with Crippen molar-refractivity contribution in [1.29, 1.82) is 0 Å². The second-order valence-corrected chi connectivity index (χ2v) is 5.15. The van der Waals surface area contributed by atoms with Gasteiger partial charge in [0.25, 0.3) is 0 Å². The number of amides is 1. The van der Waals surface area contributed by atoms with E-state index >= 15 is 0 Å². The molecule has 21 heavy (non-hydrogen) atoms. The van der Waals surface area contributed by atoms with Gasteiger partial charge in [0.15, 0.2) is 0 Å². The Morgan fingerprint density at radius 3 is 3.19 bits per heavy atom. The lowest BCUT2D eigenvalue weighted by molar-refractivity contribution is -0.132. The molecular formula is C15H24N4O2. The van der Waals surface area contributed by atoms with Crippen molar-refractivity contribution in [2.45, 2.75) is 25.9 Å². The standard InChI is InChI=1S/C15H24N4O2/c1-3-5-18-15(20)13-11-21-8-7-19(13)10-12-4-6-17-14(9-12)16-2/h4,6,9,13H,3,5,7-8,10-11H2,1-2H3,(H,16,17)(H,18,20). The molecule has 2 rings (SSSR count). The molecule has 0 aromatic carbocycles. The van der Waals surface area contributed by atoms with Gasteiger partial charge in [-0.05, 0) is 24.1 Å². The van der Waals surface area contributed by atoms with Crippen LogP contribution in [0.1, 0.15) is 18.9 Å². The van der Waals surface area contributed by atoms with Gasteiger partial charge in [0.2, 0.25) is 5.91 Å². The van der Waals surface area contributed by atoms with Crippen molar-refractivity contribution in [3.8, 4) is 0 Å². The molecule has 1 saturated heterocycles. The highest BCUT2D eigenvalue weighted by molar-refractivity contribution is 5.82. The maximum Gasteiger partial charge on any atom is 0.239 e. The number of nitrogens with one attached hydrogen (secondary N) is 2. The summed E-state index contributed by atoms with van der Waals surface area (Å²) in [5.74, 6) is 0.896. The van der Waals surface area contributed by atoms with Gasteiger partial charge >= 0.3 is 0 Å². The Morgan fingerprint density at radius 2 is 2.43 bits per heavy atom. The summed E-state index contributed by atoms with van der Waals surface area (Å²) < 4.78 is 5.47. The fourth-order valence-electron chi connectivity index (χ4n) is 2.38. The van der Waals surface area contributed by atoms with Crippen LogP contribution >= 0.6 is 0 Å². The minimum Gasteiger partial charge on any atom is -0.378 e. The molecule has 6 heteroatoms. The van der Waals surface area contributed by atoms with Gasteiger partial charge in [-0.2, -0.15) is 0 Å². The van der Waals surface area contributed by atoms with Crippen molar-refractivity contribution < 1.29 is 9.53 Å². The molecule has 2 heterocycles. The van der Waals surface area contributed by atoms with Gasteiger partial charge in [-0.1, -0.05) is 6.92 Å². The number of hydrogen-bond acceptors (Lipinski definition) is 5. The van der Waals surface area contributed by atoms with Crippen LogP contribution in [0.3, 0.4) is 0 Å². The van der Waals surface area contributed by atoms with Gasteiger partial charge in [0, 0.05) is 32.9 Å². The molecule has 1 fully saturated rings. The predicted octanol–water partition coefficient (Wildman–Crippen LogP) is 0.850. The van der Waals surface area contributed by atoms with E-state index in [1.54, 1.807) is 6.20 Å². The molecule has 1 aromatic heterocycles. The Labute approximate surface area is 125 Å². The molecule has 1 atom stereocenters. The summed E-state index contributed by atoms with van der Waals surface area (Å²) in [5.41, 5.74) is 1.14. The van der Waals surface area contributed by atoms with Gasteiger partial charge in [-0.25, -0.2) is 4.98 Å². The second kappa shape index (κ2) is 7.95. The number of ether oxygens (including phenoxy) is 1. The molecule has 6 nitrogen and oxygen atoms in total. The van der Waals surface area contributed by atoms with Crippen LogP contribution in [0, 0.1) is 0 Å². The predicted molar refractivity (Wildman–Crippen MR) is 82.1 cm³/mol. The zero-order valence-electron chi connectivity index (χ0n) is 12.8. The Hall–Kier alpha value is -1.66. The molecule has 1 aromatic rings. The molecule has 0 spiro atoms. The topological polar surface area (TPSA) is 66.5 Å². The molecule has 1 aliphatic heterocycles. The monoisotopic (exact) mass is 292 g/mol. The summed E-state index contributed by atoms with van der Waals surface area (Å²) >= 11 is 0. The van der Waals surface area contributed by atoms with E-state index in [0.29, 0.717) is 19.8 Å². The Bertz CT molecular complexity index is 467. The summed E-state index contributed by atoms with van der Waals surface area (Å²) in [4.78, 5) is 18.6. The van der Waals surface area contributed by atoms with Crippen LogP contribution in [0.2, 0.25) is 0 Å². The fourth-order valence-corrected chi connectivity index (χ4v) is 2.38. The van der Waals surface area contributed by atoms with Gasteiger partial charge < -0.3 is 15.4 Å². The van der Waals surface area contributed by atoms with Crippen LogP contribution in [-0.4, -0.2) is 55.2 Å². The first-order chi connectivity index (χ1) is 10.2. The lowest BCUT2D eigenvalue weighted by Crippen LogP contribution is -2.53. The van der Waals surface area contributed by atoms with E-state index in [0.717, 1.165) is 30.9 Å². The average Bonchev–Trinajstić information content (AvgIpc) is 2.53. The highest BCUT2D eigenvalue weighted by atomic mass is 16.5. The van der Waals surface area contributed by atoms with Crippen molar-refractivity contribution >= 4 is 11.7 Å². The van der Waals surface area contributed by atoms with E-state index in [-0.39, 0.29) is 11.9 Å². The lowest BCUT2D eigenvalue weighted by atomic mass is 10.1. The number of carbonyl (C=O) groups excluding carboxylic acids is 1. The van der Waals surface area contributed by atoms with Gasteiger partial charge in [-0.15, -0.1) is 0 Å². The van der Waals surface area contributed by atoms with E-state index in [1.807, 2.05) is 26.1 Å². The Balaban J connectivity index is 2.02. The van der Waals surface area contributed by atoms with Crippen LogP contribution in [0.4, 0.5) is 5.82 Å². The molecular weight excluding hydrogens is 268 g/mol. The number of pyridine rings is 1. The molecule has 1 amide bonds. The largest absolute Gasteiger partial charge is 0.378 e. The van der Waals surface area contributed by atoms with Crippen LogP contribution in [0.25, 0.3) is 0 Å². The van der Waals surface area contributed by atoms with Gasteiger partial charge in [0.05, 0.1) is 13.2 Å². The van der Waals surface area contributed by atoms with Crippen molar-refractivity contribution in [3.63, 3.8) is 0 Å². The number of hydrogen-bond donors (Lipinski definition) is 2. The summed E-state index contributed by atoms with van der Waals surface area (Å²) in [6.45, 7) is 5.38. The van der Waals surface area contributed by atoms with Gasteiger partial charge in [0.1, 0.15) is 11.9 Å². The SMILES string of the molecule is CCCNC(=O)C1COCCN1Cc1ccnc(NC)c1. The van der Waals surface area contributed by atoms with Crippen LogP contribution in [0.5, 0.6) is 0 Å². The third kappa shape index (κ3) is 4.41. The first-order valence-corrected chi connectivity index (χ1v) is 7.46.